The fraction of sp³-hybridized carbons (Fsp3) is 0.435. The Kier molecular flexibility index (Phi) is 7.06. The van der Waals surface area contributed by atoms with Gasteiger partial charge in [-0.25, -0.2) is 22.8 Å². The summed E-state index contributed by atoms with van der Waals surface area (Å²) in [6, 6.07) is 3.72. The summed E-state index contributed by atoms with van der Waals surface area (Å²) in [7, 11) is -3.12. The van der Waals surface area contributed by atoms with Gasteiger partial charge in [0.1, 0.15) is 32.7 Å². The maximum atomic E-state index is 13.5. The number of carbonyl (C=O) groups excluding carboxylic acids is 1. The molecular formula is C23H24F4N4O5S. The Bertz CT molecular complexity index is 1420. The number of fused-ring (bicyclic) bond motifs is 1. The Hall–Kier alpha value is -3.42. The van der Waals surface area contributed by atoms with Crippen LogP contribution in [0.1, 0.15) is 42.4 Å². The van der Waals surface area contributed by atoms with Crippen LogP contribution in [0.3, 0.4) is 0 Å². The van der Waals surface area contributed by atoms with Gasteiger partial charge in [0, 0.05) is 11.6 Å². The van der Waals surface area contributed by atoms with Crippen LogP contribution in [0.15, 0.2) is 30.6 Å². The van der Waals surface area contributed by atoms with Gasteiger partial charge in [0.2, 0.25) is 0 Å². The van der Waals surface area contributed by atoms with Crippen LogP contribution in [0.2, 0.25) is 0 Å². The number of aryl methyl sites for hydroxylation is 1. The number of ether oxygens (including phenoxy) is 2. The number of hydrogen-bond donors (Lipinski definition) is 1. The van der Waals surface area contributed by atoms with Crippen LogP contribution in [-0.4, -0.2) is 58.5 Å². The Balaban J connectivity index is 1.57. The van der Waals surface area contributed by atoms with Crippen molar-refractivity contribution in [3.63, 3.8) is 0 Å². The zero-order valence-electron chi connectivity index (χ0n) is 19.9. The normalized spacial score (nSPS) is 16.9. The molecule has 14 heteroatoms. The minimum atomic E-state index is -4.64. The van der Waals surface area contributed by atoms with Crippen LogP contribution in [-0.2, 0) is 9.84 Å². The Morgan fingerprint density at radius 1 is 1.24 bits per heavy atom. The highest BCUT2D eigenvalue weighted by atomic mass is 32.2. The first kappa shape index (κ1) is 26.6. The molecule has 4 rings (SSSR count). The summed E-state index contributed by atoms with van der Waals surface area (Å²) in [4.78, 5) is 21.2. The number of pyridine rings is 2. The Morgan fingerprint density at radius 2 is 1.95 bits per heavy atom. The highest BCUT2D eigenvalue weighted by Crippen LogP contribution is 2.32. The van der Waals surface area contributed by atoms with E-state index in [9.17, 15) is 30.8 Å². The minimum absolute atomic E-state index is 0.00192. The standard InChI is InChI=1S/C23H24F4N4O5S/c1-3-22(6-8-37(33,34)9-7-22)30-20(32)19-14(2)31-12-16(4-5-18(31)29-19)36-21-17(10-15(24)11-28-21)35-13-23(25,26)27/h4-5,10-12H,3,6-9,13H2,1-2H3,(H,30,32). The fourth-order valence-electron chi connectivity index (χ4n) is 4.07. The predicted octanol–water partition coefficient (Wildman–Crippen LogP) is 4.00. The van der Waals surface area contributed by atoms with E-state index < -0.39 is 45.6 Å². The number of sulfone groups is 1. The molecule has 1 amide bonds. The zero-order valence-corrected chi connectivity index (χ0v) is 20.7. The van der Waals surface area contributed by atoms with Gasteiger partial charge in [0.05, 0.1) is 29.6 Å². The van der Waals surface area contributed by atoms with Crippen molar-refractivity contribution in [2.75, 3.05) is 18.1 Å². The third-order valence-corrected chi connectivity index (χ3v) is 7.93. The molecule has 0 radical (unpaired) electrons. The van der Waals surface area contributed by atoms with E-state index in [-0.39, 0.29) is 28.8 Å². The molecular weight excluding hydrogens is 520 g/mol. The molecule has 0 spiro atoms. The number of nitrogens with one attached hydrogen (secondary N) is 1. The molecule has 1 fully saturated rings. The van der Waals surface area contributed by atoms with Crippen molar-refractivity contribution in [1.82, 2.24) is 19.7 Å². The molecule has 9 nitrogen and oxygen atoms in total. The van der Waals surface area contributed by atoms with E-state index in [0.717, 1.165) is 12.3 Å². The first-order chi connectivity index (χ1) is 17.3. The van der Waals surface area contributed by atoms with Crippen molar-refractivity contribution in [2.24, 2.45) is 0 Å². The summed E-state index contributed by atoms with van der Waals surface area (Å²) in [5.41, 5.74) is 0.327. The van der Waals surface area contributed by atoms with Gasteiger partial charge in [-0.15, -0.1) is 0 Å². The average molecular weight is 545 g/mol. The van der Waals surface area contributed by atoms with Crippen LogP contribution >= 0.6 is 0 Å². The number of amides is 1. The number of nitrogens with zero attached hydrogens (tertiary/aromatic N) is 3. The maximum Gasteiger partial charge on any atom is 0.422 e. The van der Waals surface area contributed by atoms with E-state index in [1.54, 1.807) is 11.3 Å². The summed E-state index contributed by atoms with van der Waals surface area (Å²) in [5, 5.41) is 2.97. The lowest BCUT2D eigenvalue weighted by Crippen LogP contribution is -2.52. The lowest BCUT2D eigenvalue weighted by Gasteiger charge is -2.37. The first-order valence-corrected chi connectivity index (χ1v) is 13.2. The summed E-state index contributed by atoms with van der Waals surface area (Å²) in [6.45, 7) is 1.88. The SMILES string of the molecule is CCC1(NC(=O)c2nc3ccc(Oc4ncc(F)cc4OCC(F)(F)F)cn3c2C)CCS(=O)(=O)CC1. The molecule has 0 aliphatic carbocycles. The number of rotatable bonds is 7. The largest absolute Gasteiger partial charge is 0.478 e. The topological polar surface area (TPSA) is 112 Å². The van der Waals surface area contributed by atoms with Crippen LogP contribution in [0.5, 0.6) is 17.4 Å². The highest BCUT2D eigenvalue weighted by Gasteiger charge is 2.38. The molecule has 4 heterocycles. The summed E-state index contributed by atoms with van der Waals surface area (Å²) < 4.78 is 86.7. The van der Waals surface area contributed by atoms with Gasteiger partial charge in [-0.3, -0.25) is 9.20 Å². The summed E-state index contributed by atoms with van der Waals surface area (Å²) >= 11 is 0. The predicted molar refractivity (Wildman–Crippen MR) is 124 cm³/mol. The average Bonchev–Trinajstić information content (AvgIpc) is 3.16. The Labute approximate surface area is 209 Å². The maximum absolute atomic E-state index is 13.5. The molecule has 0 aromatic carbocycles. The van der Waals surface area contributed by atoms with Gasteiger partial charge < -0.3 is 14.8 Å². The second kappa shape index (κ2) is 9.80. The smallest absolute Gasteiger partial charge is 0.422 e. The monoisotopic (exact) mass is 544 g/mol. The molecule has 37 heavy (non-hydrogen) atoms. The number of aromatic nitrogens is 3. The molecule has 200 valence electrons. The van der Waals surface area contributed by atoms with Crippen LogP contribution in [0.25, 0.3) is 5.65 Å². The molecule has 0 saturated carbocycles. The second-order valence-corrected chi connectivity index (χ2v) is 11.1. The van der Waals surface area contributed by atoms with Gasteiger partial charge in [0.15, 0.2) is 12.4 Å². The van der Waals surface area contributed by atoms with E-state index in [1.807, 2.05) is 6.92 Å². The third kappa shape index (κ3) is 6.12. The van der Waals surface area contributed by atoms with Crippen molar-refractivity contribution in [3.8, 4) is 17.4 Å². The number of imidazole rings is 1. The van der Waals surface area contributed by atoms with Gasteiger partial charge >= 0.3 is 6.18 Å². The number of carbonyl (C=O) groups is 1. The van der Waals surface area contributed by atoms with Gasteiger partial charge in [-0.1, -0.05) is 6.92 Å². The van der Waals surface area contributed by atoms with Crippen molar-refractivity contribution in [3.05, 3.63) is 47.8 Å². The van der Waals surface area contributed by atoms with Gasteiger partial charge in [-0.05, 0) is 38.3 Å². The van der Waals surface area contributed by atoms with Crippen molar-refractivity contribution >= 4 is 21.4 Å². The number of hydrogen-bond acceptors (Lipinski definition) is 7. The molecule has 1 aliphatic rings. The molecule has 3 aromatic rings. The van der Waals surface area contributed by atoms with E-state index in [4.69, 9.17) is 4.74 Å². The molecule has 1 N–H and O–H groups in total. The van der Waals surface area contributed by atoms with Crippen LogP contribution < -0.4 is 14.8 Å². The van der Waals surface area contributed by atoms with Crippen molar-refractivity contribution in [1.29, 1.82) is 0 Å². The molecule has 1 saturated heterocycles. The lowest BCUT2D eigenvalue weighted by molar-refractivity contribution is -0.153. The van der Waals surface area contributed by atoms with E-state index in [1.165, 1.54) is 18.3 Å². The quantitative estimate of drug-likeness (QED) is 0.448. The van der Waals surface area contributed by atoms with Gasteiger partial charge in [-0.2, -0.15) is 13.2 Å². The third-order valence-electron chi connectivity index (χ3n) is 6.27. The van der Waals surface area contributed by atoms with Crippen LogP contribution in [0, 0.1) is 12.7 Å². The number of alkyl halides is 3. The Morgan fingerprint density at radius 3 is 2.59 bits per heavy atom. The van der Waals surface area contributed by atoms with E-state index in [0.29, 0.717) is 30.6 Å². The molecule has 0 atom stereocenters. The molecule has 1 aliphatic heterocycles. The molecule has 3 aromatic heterocycles. The number of halogens is 4. The van der Waals surface area contributed by atoms with Gasteiger partial charge in [0.25, 0.3) is 11.8 Å². The fourth-order valence-corrected chi connectivity index (χ4v) is 5.68. The molecule has 0 bridgehead atoms. The highest BCUT2D eigenvalue weighted by molar-refractivity contribution is 7.91. The lowest BCUT2D eigenvalue weighted by atomic mass is 9.89. The zero-order chi connectivity index (χ0) is 27.0. The van der Waals surface area contributed by atoms with E-state index >= 15 is 0 Å². The van der Waals surface area contributed by atoms with Crippen molar-refractivity contribution < 1.29 is 40.2 Å². The van der Waals surface area contributed by atoms with Crippen LogP contribution in [0.4, 0.5) is 17.6 Å². The second-order valence-electron chi connectivity index (χ2n) is 8.84. The minimum Gasteiger partial charge on any atom is -0.478 e. The first-order valence-electron chi connectivity index (χ1n) is 11.3. The molecule has 0 unspecified atom stereocenters. The van der Waals surface area contributed by atoms with E-state index in [2.05, 4.69) is 20.0 Å². The van der Waals surface area contributed by atoms with Crippen molar-refractivity contribution in [2.45, 2.75) is 44.8 Å². The summed E-state index contributed by atoms with van der Waals surface area (Å²) in [6.07, 6.45) is -1.23. The summed E-state index contributed by atoms with van der Waals surface area (Å²) in [5.74, 6) is -2.14.